The quantitative estimate of drug-likeness (QED) is 0.338. The van der Waals surface area contributed by atoms with E-state index in [1.54, 1.807) is 0 Å². The van der Waals surface area contributed by atoms with Gasteiger partial charge in [-0.3, -0.25) is 4.68 Å². The van der Waals surface area contributed by atoms with Crippen molar-refractivity contribution in [3.63, 3.8) is 0 Å². The van der Waals surface area contributed by atoms with E-state index >= 15 is 0 Å². The first-order chi connectivity index (χ1) is 12.7. The van der Waals surface area contributed by atoms with Gasteiger partial charge in [0.05, 0.1) is 12.2 Å². The maximum atomic E-state index is 12.2. The lowest BCUT2D eigenvalue weighted by Crippen LogP contribution is -2.31. The van der Waals surface area contributed by atoms with E-state index in [2.05, 4.69) is 34.0 Å². The van der Waals surface area contributed by atoms with E-state index in [4.69, 9.17) is 5.73 Å². The molecule has 0 saturated heterocycles. The van der Waals surface area contributed by atoms with Crippen molar-refractivity contribution in [3.05, 3.63) is 46.8 Å². The van der Waals surface area contributed by atoms with Crippen LogP contribution >= 0.6 is 24.0 Å². The number of nitrogens with one attached hydrogen (secondary N) is 1. The van der Waals surface area contributed by atoms with Gasteiger partial charge in [-0.2, -0.15) is 5.10 Å². The Morgan fingerprint density at radius 2 is 1.86 bits per heavy atom. The number of halogens is 4. The SMILES string of the molecule is CCc1nn(C)c(CC)c1CNC(N)=NCc1ccc(OC(F)(F)F)cc1.I. The number of aliphatic imine (C=N–C) groups is 1. The number of aromatic nitrogens is 2. The first-order valence-electron chi connectivity index (χ1n) is 8.65. The highest BCUT2D eigenvalue weighted by Gasteiger charge is 2.30. The summed E-state index contributed by atoms with van der Waals surface area (Å²) < 4.78 is 42.2. The molecular weight excluding hydrogens is 486 g/mol. The number of nitrogens with two attached hydrogens (primary N) is 1. The monoisotopic (exact) mass is 511 g/mol. The number of hydrogen-bond acceptors (Lipinski definition) is 3. The van der Waals surface area contributed by atoms with Crippen LogP contribution in [0.1, 0.15) is 36.4 Å². The van der Waals surface area contributed by atoms with E-state index in [-0.39, 0.29) is 42.2 Å². The van der Waals surface area contributed by atoms with Crippen LogP contribution in [0.25, 0.3) is 0 Å². The molecule has 0 saturated carbocycles. The van der Waals surface area contributed by atoms with Gasteiger partial charge in [-0.15, -0.1) is 37.1 Å². The van der Waals surface area contributed by atoms with Crippen molar-refractivity contribution in [2.75, 3.05) is 0 Å². The van der Waals surface area contributed by atoms with Crippen molar-refractivity contribution in [2.45, 2.75) is 46.1 Å². The largest absolute Gasteiger partial charge is 0.573 e. The van der Waals surface area contributed by atoms with Crippen molar-refractivity contribution in [3.8, 4) is 5.75 Å². The zero-order chi connectivity index (χ0) is 20.0. The highest BCUT2D eigenvalue weighted by Crippen LogP contribution is 2.22. The molecule has 0 fully saturated rings. The normalized spacial score (nSPS) is 11.9. The van der Waals surface area contributed by atoms with E-state index in [0.29, 0.717) is 6.54 Å². The molecule has 0 bridgehead atoms. The van der Waals surface area contributed by atoms with Crippen molar-refractivity contribution in [1.82, 2.24) is 15.1 Å². The highest BCUT2D eigenvalue weighted by molar-refractivity contribution is 14.0. The first-order valence-corrected chi connectivity index (χ1v) is 8.65. The minimum absolute atomic E-state index is 0. The van der Waals surface area contributed by atoms with Gasteiger partial charge in [0.2, 0.25) is 0 Å². The summed E-state index contributed by atoms with van der Waals surface area (Å²) in [6.45, 7) is 4.89. The van der Waals surface area contributed by atoms with Crippen molar-refractivity contribution in [2.24, 2.45) is 17.8 Å². The Hall–Kier alpha value is -1.98. The molecule has 1 aromatic heterocycles. The predicted molar refractivity (Wildman–Crippen MR) is 113 cm³/mol. The van der Waals surface area contributed by atoms with Gasteiger partial charge in [0.1, 0.15) is 5.75 Å². The summed E-state index contributed by atoms with van der Waals surface area (Å²) in [6, 6.07) is 5.53. The van der Waals surface area contributed by atoms with Crippen LogP contribution in [0, 0.1) is 0 Å². The average Bonchev–Trinajstić information content (AvgIpc) is 2.92. The molecule has 0 unspecified atom stereocenters. The highest BCUT2D eigenvalue weighted by atomic mass is 127. The molecule has 2 aromatic rings. The summed E-state index contributed by atoms with van der Waals surface area (Å²) in [6.07, 6.45) is -3.01. The molecule has 6 nitrogen and oxygen atoms in total. The Balaban J connectivity index is 0.00000392. The van der Waals surface area contributed by atoms with Gasteiger partial charge in [0, 0.05) is 24.8 Å². The molecule has 10 heteroatoms. The lowest BCUT2D eigenvalue weighted by Gasteiger charge is -2.09. The average molecular weight is 511 g/mol. The van der Waals surface area contributed by atoms with Gasteiger partial charge in [-0.25, -0.2) is 4.99 Å². The molecule has 2 rings (SSSR count). The maximum absolute atomic E-state index is 12.2. The fraction of sp³-hybridized carbons (Fsp3) is 0.444. The van der Waals surface area contributed by atoms with Crippen LogP contribution in [0.3, 0.4) is 0 Å². The number of aryl methyl sites for hydroxylation is 2. The third kappa shape index (κ3) is 6.88. The maximum Gasteiger partial charge on any atom is 0.573 e. The summed E-state index contributed by atoms with van der Waals surface area (Å²) in [5.41, 5.74) is 9.92. The van der Waals surface area contributed by atoms with Crippen LogP contribution in [0.15, 0.2) is 29.3 Å². The predicted octanol–water partition coefficient (Wildman–Crippen LogP) is 3.67. The molecule has 0 radical (unpaired) electrons. The Labute approximate surface area is 179 Å². The molecule has 0 atom stereocenters. The van der Waals surface area contributed by atoms with Crippen molar-refractivity contribution in [1.29, 1.82) is 0 Å². The first kappa shape index (κ1) is 24.1. The second-order valence-electron chi connectivity index (χ2n) is 5.95. The molecule has 0 aliphatic heterocycles. The molecule has 0 aliphatic rings. The number of rotatable bonds is 7. The van der Waals surface area contributed by atoms with Gasteiger partial charge in [0.25, 0.3) is 0 Å². The molecule has 0 amide bonds. The Kier molecular flexibility index (Phi) is 9.05. The van der Waals surface area contributed by atoms with Crippen LogP contribution in [0.5, 0.6) is 5.75 Å². The number of guanidine groups is 1. The minimum Gasteiger partial charge on any atom is -0.406 e. The summed E-state index contributed by atoms with van der Waals surface area (Å²) in [4.78, 5) is 4.22. The van der Waals surface area contributed by atoms with Gasteiger partial charge in [-0.05, 0) is 30.5 Å². The summed E-state index contributed by atoms with van der Waals surface area (Å²) >= 11 is 0. The molecule has 1 heterocycles. The Morgan fingerprint density at radius 3 is 2.39 bits per heavy atom. The number of benzene rings is 1. The Morgan fingerprint density at radius 1 is 1.21 bits per heavy atom. The van der Waals surface area contributed by atoms with Gasteiger partial charge < -0.3 is 15.8 Å². The van der Waals surface area contributed by atoms with E-state index in [1.165, 1.54) is 24.3 Å². The molecule has 28 heavy (non-hydrogen) atoms. The summed E-state index contributed by atoms with van der Waals surface area (Å²) in [5.74, 6) is -0.00401. The van der Waals surface area contributed by atoms with Crippen molar-refractivity contribution < 1.29 is 17.9 Å². The van der Waals surface area contributed by atoms with E-state index in [1.807, 2.05) is 11.7 Å². The van der Waals surface area contributed by atoms with Gasteiger partial charge in [-0.1, -0.05) is 26.0 Å². The topological polar surface area (TPSA) is 77.5 Å². The number of ether oxygens (including phenoxy) is 1. The lowest BCUT2D eigenvalue weighted by atomic mass is 10.1. The van der Waals surface area contributed by atoms with E-state index in [0.717, 1.165) is 35.4 Å². The minimum atomic E-state index is -4.70. The number of alkyl halides is 3. The third-order valence-corrected chi connectivity index (χ3v) is 4.06. The fourth-order valence-electron chi connectivity index (χ4n) is 2.80. The van der Waals surface area contributed by atoms with Gasteiger partial charge >= 0.3 is 6.36 Å². The standard InChI is InChI=1S/C18H24F3N5O.HI/c1-4-15-14(16(5-2)26(3)25-15)11-24-17(22)23-10-12-6-8-13(9-7-12)27-18(19,20)21;/h6-9H,4-5,10-11H2,1-3H3,(H3,22,23,24);1H. The lowest BCUT2D eigenvalue weighted by molar-refractivity contribution is -0.274. The second kappa shape index (κ2) is 10.5. The smallest absolute Gasteiger partial charge is 0.406 e. The zero-order valence-electron chi connectivity index (χ0n) is 16.0. The van der Waals surface area contributed by atoms with Crippen molar-refractivity contribution >= 4 is 29.9 Å². The third-order valence-electron chi connectivity index (χ3n) is 4.06. The number of nitrogens with zero attached hydrogens (tertiary/aromatic N) is 3. The van der Waals surface area contributed by atoms with E-state index in [9.17, 15) is 13.2 Å². The molecular formula is C18H25F3IN5O. The van der Waals surface area contributed by atoms with Crippen LogP contribution < -0.4 is 15.8 Å². The second-order valence-corrected chi connectivity index (χ2v) is 5.95. The van der Waals surface area contributed by atoms with E-state index < -0.39 is 6.36 Å². The zero-order valence-corrected chi connectivity index (χ0v) is 18.3. The molecule has 156 valence electrons. The van der Waals surface area contributed by atoms with Gasteiger partial charge in [0.15, 0.2) is 5.96 Å². The van der Waals surface area contributed by atoms with Crippen LogP contribution in [0.4, 0.5) is 13.2 Å². The number of hydrogen-bond donors (Lipinski definition) is 2. The Bertz CT molecular complexity index is 788. The summed E-state index contributed by atoms with van der Waals surface area (Å²) in [7, 11) is 1.92. The van der Waals surface area contributed by atoms with Crippen LogP contribution in [-0.4, -0.2) is 22.1 Å². The van der Waals surface area contributed by atoms with Crippen LogP contribution in [0.2, 0.25) is 0 Å². The molecule has 1 aromatic carbocycles. The molecule has 0 spiro atoms. The fourth-order valence-corrected chi connectivity index (χ4v) is 2.80. The van der Waals surface area contributed by atoms with Crippen LogP contribution in [-0.2, 0) is 33.0 Å². The summed E-state index contributed by atoms with van der Waals surface area (Å²) in [5, 5.41) is 7.58. The molecule has 0 aliphatic carbocycles. The molecule has 3 N–H and O–H groups in total.